The topological polar surface area (TPSA) is 52.6 Å². The minimum absolute atomic E-state index is 0.266. The Kier molecular flexibility index (Phi) is 6.12. The Morgan fingerprint density at radius 2 is 1.30 bits per heavy atom. The van der Waals surface area contributed by atoms with Crippen LogP contribution in [0.3, 0.4) is 0 Å². The van der Waals surface area contributed by atoms with Gasteiger partial charge in [0.15, 0.2) is 0 Å². The highest BCUT2D eigenvalue weighted by atomic mass is 79.9. The number of carbonyl (C=O) groups is 2. The molecule has 158 valence electrons. The molecule has 30 heavy (non-hydrogen) atoms. The highest BCUT2D eigenvalue weighted by Gasteiger charge is 2.25. The Morgan fingerprint density at radius 1 is 0.800 bits per heavy atom. The number of esters is 2. The molecule has 0 fully saturated rings. The zero-order chi connectivity index (χ0) is 22.3. The number of rotatable bonds is 3. The van der Waals surface area contributed by atoms with Gasteiger partial charge in [-0.25, -0.2) is 0 Å². The molecule has 3 rings (SSSR count). The number of carbonyl (C=O) groups excluding carboxylic acids is 2. The summed E-state index contributed by atoms with van der Waals surface area (Å²) in [5, 5.41) is 1.05. The quantitative estimate of drug-likeness (QED) is 0.288. The van der Waals surface area contributed by atoms with Crippen LogP contribution in [-0.2, 0) is 9.59 Å². The van der Waals surface area contributed by atoms with Gasteiger partial charge in [-0.15, -0.1) is 11.3 Å². The molecule has 2 aromatic carbocycles. The molecule has 0 spiro atoms. The first-order chi connectivity index (χ1) is 13.9. The first-order valence-electron chi connectivity index (χ1n) is 9.63. The Morgan fingerprint density at radius 3 is 1.83 bits per heavy atom. The maximum Gasteiger partial charge on any atom is 0.316 e. The monoisotopic (exact) mass is 488 g/mol. The van der Waals surface area contributed by atoms with Gasteiger partial charge in [-0.1, -0.05) is 0 Å². The Labute approximate surface area is 189 Å². The van der Waals surface area contributed by atoms with Crippen LogP contribution in [0.5, 0.6) is 11.5 Å². The van der Waals surface area contributed by atoms with Crippen LogP contribution in [0.15, 0.2) is 46.9 Å². The predicted molar refractivity (Wildman–Crippen MR) is 125 cm³/mol. The number of halogens is 1. The van der Waals surface area contributed by atoms with Crippen LogP contribution in [0.25, 0.3) is 20.5 Å². The van der Waals surface area contributed by atoms with Crippen molar-refractivity contribution in [3.63, 3.8) is 0 Å². The van der Waals surface area contributed by atoms with Gasteiger partial charge < -0.3 is 9.47 Å². The van der Waals surface area contributed by atoms with E-state index >= 15 is 0 Å². The van der Waals surface area contributed by atoms with Crippen molar-refractivity contribution >= 4 is 49.3 Å². The highest BCUT2D eigenvalue weighted by Crippen LogP contribution is 2.43. The number of ether oxygens (including phenoxy) is 2. The van der Waals surface area contributed by atoms with E-state index in [0.717, 1.165) is 25.0 Å². The molecule has 0 aliphatic carbocycles. The minimum Gasteiger partial charge on any atom is -0.426 e. The minimum atomic E-state index is -0.561. The summed E-state index contributed by atoms with van der Waals surface area (Å²) in [5.74, 6) is 0.521. The van der Waals surface area contributed by atoms with Crippen molar-refractivity contribution in [3.05, 3.63) is 46.9 Å². The van der Waals surface area contributed by atoms with Crippen LogP contribution in [-0.4, -0.2) is 11.9 Å². The largest absolute Gasteiger partial charge is 0.426 e. The molecule has 3 aromatic rings. The molecule has 6 heteroatoms. The molecule has 0 saturated heterocycles. The second-order valence-electron chi connectivity index (χ2n) is 9.21. The Hall–Kier alpha value is -2.18. The van der Waals surface area contributed by atoms with Crippen molar-refractivity contribution in [1.82, 2.24) is 0 Å². The van der Waals surface area contributed by atoms with Crippen molar-refractivity contribution in [2.24, 2.45) is 10.8 Å². The molecule has 0 bridgehead atoms. The van der Waals surface area contributed by atoms with Gasteiger partial charge in [0.1, 0.15) is 11.5 Å². The van der Waals surface area contributed by atoms with Gasteiger partial charge >= 0.3 is 11.9 Å². The second kappa shape index (κ2) is 8.16. The summed E-state index contributed by atoms with van der Waals surface area (Å²) in [4.78, 5) is 25.3. The standard InChI is InChI=1S/C24H25BrO4S/c1-23(2,3)21(26)28-15-9-7-14(8-10-15)20-19(25)17-12-11-16(13-18(17)30-20)29-22(27)24(4,5)6/h7-13H,1-6H3. The number of benzene rings is 2. The molecule has 0 radical (unpaired) electrons. The van der Waals surface area contributed by atoms with Crippen LogP contribution in [0.1, 0.15) is 41.5 Å². The number of hydrogen-bond donors (Lipinski definition) is 0. The zero-order valence-corrected chi connectivity index (χ0v) is 20.4. The maximum atomic E-state index is 12.2. The van der Waals surface area contributed by atoms with Gasteiger partial charge in [-0.05, 0) is 106 Å². The second-order valence-corrected chi connectivity index (χ2v) is 11.1. The summed E-state index contributed by atoms with van der Waals surface area (Å²) in [6, 6.07) is 13.1. The predicted octanol–water partition coefficient (Wildman–Crippen LogP) is 7.23. The summed E-state index contributed by atoms with van der Waals surface area (Å²) < 4.78 is 13.0. The van der Waals surface area contributed by atoms with Crippen LogP contribution >= 0.6 is 27.3 Å². The smallest absolute Gasteiger partial charge is 0.316 e. The highest BCUT2D eigenvalue weighted by molar-refractivity contribution is 9.10. The fourth-order valence-corrected chi connectivity index (χ4v) is 4.57. The Bertz CT molecular complexity index is 1100. The average molecular weight is 489 g/mol. The fourth-order valence-electron chi connectivity index (χ4n) is 2.49. The Balaban J connectivity index is 1.87. The molecule has 0 N–H and O–H groups in total. The van der Waals surface area contributed by atoms with E-state index in [-0.39, 0.29) is 11.9 Å². The molecular weight excluding hydrogens is 464 g/mol. The average Bonchev–Trinajstić information content (AvgIpc) is 2.97. The molecule has 0 aliphatic rings. The van der Waals surface area contributed by atoms with Gasteiger partial charge in [0.25, 0.3) is 0 Å². The van der Waals surface area contributed by atoms with E-state index in [1.165, 1.54) is 0 Å². The summed E-state index contributed by atoms with van der Waals surface area (Å²) >= 11 is 5.30. The van der Waals surface area contributed by atoms with Gasteiger partial charge in [0.2, 0.25) is 0 Å². The lowest BCUT2D eigenvalue weighted by atomic mass is 9.97. The summed E-state index contributed by atoms with van der Waals surface area (Å²) in [7, 11) is 0. The fraction of sp³-hybridized carbons (Fsp3) is 0.333. The molecular formula is C24H25BrO4S. The number of fused-ring (bicyclic) bond motifs is 1. The lowest BCUT2D eigenvalue weighted by molar-refractivity contribution is -0.143. The van der Waals surface area contributed by atoms with E-state index in [4.69, 9.17) is 9.47 Å². The number of thiophene rings is 1. The summed E-state index contributed by atoms with van der Waals surface area (Å²) in [6.07, 6.45) is 0. The SMILES string of the molecule is CC(C)(C)C(=O)Oc1ccc(-c2sc3cc(OC(=O)C(C)(C)C)ccc3c2Br)cc1. The molecule has 0 amide bonds. The molecule has 1 heterocycles. The lowest BCUT2D eigenvalue weighted by Gasteiger charge is -2.16. The lowest BCUT2D eigenvalue weighted by Crippen LogP contribution is -2.25. The van der Waals surface area contributed by atoms with E-state index < -0.39 is 10.8 Å². The van der Waals surface area contributed by atoms with Gasteiger partial charge in [0, 0.05) is 19.4 Å². The molecule has 0 saturated carbocycles. The summed E-state index contributed by atoms with van der Waals surface area (Å²) in [6.45, 7) is 11.0. The molecule has 0 unspecified atom stereocenters. The third kappa shape index (κ3) is 4.93. The van der Waals surface area contributed by atoms with Crippen molar-refractivity contribution in [1.29, 1.82) is 0 Å². The van der Waals surface area contributed by atoms with Crippen molar-refractivity contribution in [2.45, 2.75) is 41.5 Å². The first kappa shape index (κ1) is 22.5. The van der Waals surface area contributed by atoms with Gasteiger partial charge in [-0.3, -0.25) is 9.59 Å². The van der Waals surface area contributed by atoms with Crippen LogP contribution in [0.4, 0.5) is 0 Å². The number of hydrogen-bond acceptors (Lipinski definition) is 5. The van der Waals surface area contributed by atoms with E-state index in [0.29, 0.717) is 11.5 Å². The van der Waals surface area contributed by atoms with E-state index in [9.17, 15) is 9.59 Å². The van der Waals surface area contributed by atoms with Gasteiger partial charge in [0.05, 0.1) is 10.8 Å². The van der Waals surface area contributed by atoms with Crippen LogP contribution in [0.2, 0.25) is 0 Å². The molecule has 1 aromatic heterocycles. The van der Waals surface area contributed by atoms with Crippen molar-refractivity contribution in [2.75, 3.05) is 0 Å². The van der Waals surface area contributed by atoms with Crippen LogP contribution < -0.4 is 9.47 Å². The van der Waals surface area contributed by atoms with Crippen LogP contribution in [0, 0.1) is 10.8 Å². The first-order valence-corrected chi connectivity index (χ1v) is 11.2. The third-order valence-electron chi connectivity index (χ3n) is 4.36. The van der Waals surface area contributed by atoms with E-state index in [1.807, 2.05) is 71.9 Å². The molecule has 0 atom stereocenters. The third-order valence-corrected chi connectivity index (χ3v) is 6.65. The van der Waals surface area contributed by atoms with E-state index in [2.05, 4.69) is 15.9 Å². The zero-order valence-electron chi connectivity index (χ0n) is 18.0. The maximum absolute atomic E-state index is 12.2. The van der Waals surface area contributed by atoms with Gasteiger partial charge in [-0.2, -0.15) is 0 Å². The normalized spacial score (nSPS) is 12.1. The van der Waals surface area contributed by atoms with E-state index in [1.54, 1.807) is 23.5 Å². The van der Waals surface area contributed by atoms with Crippen molar-refractivity contribution < 1.29 is 19.1 Å². The molecule has 4 nitrogen and oxygen atoms in total. The molecule has 0 aliphatic heterocycles. The van der Waals surface area contributed by atoms with Crippen molar-refractivity contribution in [3.8, 4) is 21.9 Å². The summed E-state index contributed by atoms with van der Waals surface area (Å²) in [5.41, 5.74) is -0.109.